The first kappa shape index (κ1) is 17.6. The van der Waals surface area contributed by atoms with Crippen LogP contribution in [0.1, 0.15) is 20.3 Å². The lowest BCUT2D eigenvalue weighted by Gasteiger charge is -2.10. The number of hydrogen-bond donors (Lipinski definition) is 2. The van der Waals surface area contributed by atoms with Gasteiger partial charge in [0.05, 0.1) is 10.9 Å². The molecule has 0 aliphatic rings. The minimum Gasteiger partial charge on any atom is -0.360 e. The molecule has 0 aliphatic heterocycles. The Morgan fingerprint density at radius 3 is 2.87 bits per heavy atom. The summed E-state index contributed by atoms with van der Waals surface area (Å²) in [7, 11) is 0. The van der Waals surface area contributed by atoms with Gasteiger partial charge in [-0.05, 0) is 25.5 Å². The molecule has 0 radical (unpaired) electrons. The molecule has 0 saturated carbocycles. The molecule has 1 aromatic carbocycles. The molecular formula is C14H16F2N4OS2. The summed E-state index contributed by atoms with van der Waals surface area (Å²) in [5, 5.41) is 13.7. The van der Waals surface area contributed by atoms with Crippen molar-refractivity contribution in [3.63, 3.8) is 0 Å². The van der Waals surface area contributed by atoms with Gasteiger partial charge in [0, 0.05) is 12.6 Å². The van der Waals surface area contributed by atoms with Gasteiger partial charge in [0.2, 0.25) is 11.0 Å². The highest BCUT2D eigenvalue weighted by Crippen LogP contribution is 2.29. The quantitative estimate of drug-likeness (QED) is 0.738. The summed E-state index contributed by atoms with van der Waals surface area (Å²) >= 11 is 2.59. The summed E-state index contributed by atoms with van der Waals surface area (Å²) in [6, 6.07) is 3.01. The van der Waals surface area contributed by atoms with Crippen molar-refractivity contribution >= 4 is 39.8 Å². The second kappa shape index (κ2) is 8.21. The smallest absolute Gasteiger partial charge is 0.237 e. The fraction of sp³-hybridized carbons (Fsp3) is 0.357. The number of halogens is 2. The molecule has 1 unspecified atom stereocenters. The van der Waals surface area contributed by atoms with Crippen LogP contribution in [0.15, 0.2) is 22.5 Å². The molecule has 1 atom stereocenters. The van der Waals surface area contributed by atoms with Gasteiger partial charge in [-0.1, -0.05) is 30.0 Å². The third-order valence-corrected chi connectivity index (χ3v) is 4.83. The summed E-state index contributed by atoms with van der Waals surface area (Å²) in [4.78, 5) is 12.1. The second-order valence-corrected chi connectivity index (χ2v) is 7.24. The molecule has 9 heteroatoms. The number of benzene rings is 1. The molecule has 2 N–H and O–H groups in total. The third kappa shape index (κ3) is 5.14. The molecule has 23 heavy (non-hydrogen) atoms. The molecule has 1 amide bonds. The maximum absolute atomic E-state index is 13.5. The van der Waals surface area contributed by atoms with Crippen molar-refractivity contribution in [1.82, 2.24) is 10.2 Å². The zero-order valence-electron chi connectivity index (χ0n) is 12.6. The van der Waals surface area contributed by atoms with Gasteiger partial charge in [-0.15, -0.1) is 10.2 Å². The van der Waals surface area contributed by atoms with Crippen molar-refractivity contribution in [2.45, 2.75) is 29.9 Å². The average Bonchev–Trinajstić information content (AvgIpc) is 2.95. The molecule has 2 rings (SSSR count). The van der Waals surface area contributed by atoms with Gasteiger partial charge in [0.15, 0.2) is 4.34 Å². The van der Waals surface area contributed by atoms with E-state index in [2.05, 4.69) is 20.8 Å². The summed E-state index contributed by atoms with van der Waals surface area (Å²) in [5.41, 5.74) is -0.0496. The molecule has 1 aromatic heterocycles. The Morgan fingerprint density at radius 2 is 2.17 bits per heavy atom. The molecule has 0 spiro atoms. The minimum absolute atomic E-state index is 0.0496. The zero-order chi connectivity index (χ0) is 16.8. The Bertz CT molecular complexity index is 681. The van der Waals surface area contributed by atoms with E-state index < -0.39 is 22.8 Å². The van der Waals surface area contributed by atoms with E-state index in [4.69, 9.17) is 0 Å². The number of amides is 1. The van der Waals surface area contributed by atoms with Crippen molar-refractivity contribution < 1.29 is 13.6 Å². The number of nitrogens with zero attached hydrogens (tertiary/aromatic N) is 2. The molecule has 0 fully saturated rings. The van der Waals surface area contributed by atoms with Crippen molar-refractivity contribution in [3.05, 3.63) is 29.8 Å². The third-order valence-electron chi connectivity index (χ3n) is 2.77. The van der Waals surface area contributed by atoms with Crippen molar-refractivity contribution in [1.29, 1.82) is 0 Å². The lowest BCUT2D eigenvalue weighted by atomic mass is 10.3. The normalized spacial score (nSPS) is 12.0. The van der Waals surface area contributed by atoms with Gasteiger partial charge in [-0.3, -0.25) is 4.79 Å². The fourth-order valence-electron chi connectivity index (χ4n) is 1.59. The Hall–Kier alpha value is -1.74. The van der Waals surface area contributed by atoms with Crippen LogP contribution in [0.2, 0.25) is 0 Å². The fourth-order valence-corrected chi connectivity index (χ4v) is 3.51. The molecule has 0 aliphatic carbocycles. The maximum atomic E-state index is 13.5. The molecule has 2 aromatic rings. The highest BCUT2D eigenvalue weighted by atomic mass is 32.2. The first-order valence-electron chi connectivity index (χ1n) is 6.99. The van der Waals surface area contributed by atoms with Gasteiger partial charge in [0.25, 0.3) is 0 Å². The number of nitrogens with one attached hydrogen (secondary N) is 2. The largest absolute Gasteiger partial charge is 0.360 e. The van der Waals surface area contributed by atoms with E-state index in [9.17, 15) is 13.6 Å². The van der Waals surface area contributed by atoms with Gasteiger partial charge >= 0.3 is 0 Å². The van der Waals surface area contributed by atoms with Gasteiger partial charge < -0.3 is 10.6 Å². The predicted molar refractivity (Wildman–Crippen MR) is 89.0 cm³/mol. The van der Waals surface area contributed by atoms with Crippen LogP contribution in [0, 0.1) is 11.6 Å². The van der Waals surface area contributed by atoms with E-state index in [-0.39, 0.29) is 5.69 Å². The van der Waals surface area contributed by atoms with E-state index in [1.54, 1.807) is 6.92 Å². The van der Waals surface area contributed by atoms with Crippen LogP contribution in [0.25, 0.3) is 0 Å². The maximum Gasteiger partial charge on any atom is 0.237 e. The highest BCUT2D eigenvalue weighted by molar-refractivity contribution is 8.02. The van der Waals surface area contributed by atoms with Crippen LogP contribution in [0.3, 0.4) is 0 Å². The van der Waals surface area contributed by atoms with E-state index >= 15 is 0 Å². The number of thioether (sulfide) groups is 1. The first-order chi connectivity index (χ1) is 11.0. The van der Waals surface area contributed by atoms with E-state index in [1.165, 1.54) is 29.2 Å². The lowest BCUT2D eigenvalue weighted by molar-refractivity contribution is -0.115. The number of hydrogen-bond acceptors (Lipinski definition) is 6. The van der Waals surface area contributed by atoms with Crippen LogP contribution in [-0.2, 0) is 4.79 Å². The van der Waals surface area contributed by atoms with Crippen molar-refractivity contribution in [2.24, 2.45) is 0 Å². The predicted octanol–water partition coefficient (Wildman–Crippen LogP) is 3.76. The van der Waals surface area contributed by atoms with E-state index in [0.29, 0.717) is 9.47 Å². The Labute approximate surface area is 140 Å². The van der Waals surface area contributed by atoms with Crippen molar-refractivity contribution in [3.8, 4) is 0 Å². The summed E-state index contributed by atoms with van der Waals surface area (Å²) in [6.07, 6.45) is 0.976. The molecule has 0 saturated heterocycles. The lowest BCUT2D eigenvalue weighted by Crippen LogP contribution is -2.22. The summed E-state index contributed by atoms with van der Waals surface area (Å²) in [5.74, 6) is -1.89. The van der Waals surface area contributed by atoms with Crippen LogP contribution < -0.4 is 10.6 Å². The number of carbonyl (C=O) groups excluding carboxylic acids is 1. The monoisotopic (exact) mass is 358 g/mol. The Kier molecular flexibility index (Phi) is 6.28. The Morgan fingerprint density at radius 1 is 1.39 bits per heavy atom. The average molecular weight is 358 g/mol. The molecule has 0 bridgehead atoms. The molecule has 5 nitrogen and oxygen atoms in total. The van der Waals surface area contributed by atoms with E-state index in [1.807, 2.05) is 6.92 Å². The number of rotatable bonds is 7. The molecular weight excluding hydrogens is 342 g/mol. The number of aromatic nitrogens is 2. The number of anilines is 2. The van der Waals surface area contributed by atoms with Gasteiger partial charge in [0.1, 0.15) is 11.6 Å². The summed E-state index contributed by atoms with van der Waals surface area (Å²) < 4.78 is 27.0. The Balaban J connectivity index is 1.93. The van der Waals surface area contributed by atoms with Crippen LogP contribution in [0.4, 0.5) is 19.6 Å². The summed E-state index contributed by atoms with van der Waals surface area (Å²) in [6.45, 7) is 4.53. The topological polar surface area (TPSA) is 66.9 Å². The van der Waals surface area contributed by atoms with Gasteiger partial charge in [-0.25, -0.2) is 8.78 Å². The van der Waals surface area contributed by atoms with Gasteiger partial charge in [-0.2, -0.15) is 0 Å². The molecule has 124 valence electrons. The van der Waals surface area contributed by atoms with Crippen molar-refractivity contribution in [2.75, 3.05) is 17.2 Å². The number of carbonyl (C=O) groups is 1. The van der Waals surface area contributed by atoms with E-state index in [0.717, 1.165) is 25.1 Å². The van der Waals surface area contributed by atoms with Crippen LogP contribution >= 0.6 is 23.1 Å². The first-order valence-corrected chi connectivity index (χ1v) is 8.69. The minimum atomic E-state index is -0.808. The van der Waals surface area contributed by atoms with Crippen LogP contribution in [0.5, 0.6) is 0 Å². The van der Waals surface area contributed by atoms with Crippen LogP contribution in [-0.4, -0.2) is 27.9 Å². The standard InChI is InChI=1S/C14H16F2N4OS2/c1-3-6-17-13-19-20-14(23-13)22-8(2)12(21)18-11-5-4-9(15)7-10(11)16/h4-5,7-8H,3,6H2,1-2H3,(H,17,19)(H,18,21). The molecule has 1 heterocycles. The zero-order valence-corrected chi connectivity index (χ0v) is 14.2. The highest BCUT2D eigenvalue weighted by Gasteiger charge is 2.18. The SMILES string of the molecule is CCCNc1nnc(SC(C)C(=O)Nc2ccc(F)cc2F)s1. The second-order valence-electron chi connectivity index (χ2n) is 4.67.